The molecule has 2 nitrogen and oxygen atoms in total. The minimum Gasteiger partial charge on any atom is -0.342 e. The summed E-state index contributed by atoms with van der Waals surface area (Å²) in [6, 6.07) is 6.96. The Hall–Kier alpha value is -1.03. The fraction of sp³-hybridized carbons (Fsp3) is 0.533. The van der Waals surface area contributed by atoms with E-state index in [2.05, 4.69) is 0 Å². The van der Waals surface area contributed by atoms with Crippen LogP contribution in [0.15, 0.2) is 24.3 Å². The Kier molecular flexibility index (Phi) is 4.86. The SMILES string of the molecule is CC(C)C(=O)N1CCSC(c2ccccc2F)CC1. The third-order valence-electron chi connectivity index (χ3n) is 3.40. The highest BCUT2D eigenvalue weighted by Gasteiger charge is 2.24. The predicted molar refractivity (Wildman–Crippen MR) is 77.6 cm³/mol. The molecule has 2 rings (SSSR count). The number of carbonyl (C=O) groups excluding carboxylic acids is 1. The summed E-state index contributed by atoms with van der Waals surface area (Å²) in [5.74, 6) is 0.978. The fourth-order valence-corrected chi connectivity index (χ4v) is 3.59. The van der Waals surface area contributed by atoms with Crippen LogP contribution in [0.1, 0.15) is 31.1 Å². The first-order valence-corrected chi connectivity index (χ1v) is 7.79. The summed E-state index contributed by atoms with van der Waals surface area (Å²) in [5.41, 5.74) is 0.770. The quantitative estimate of drug-likeness (QED) is 0.827. The molecule has 4 heteroatoms. The number of nitrogens with zero attached hydrogens (tertiary/aromatic N) is 1. The molecule has 0 bridgehead atoms. The van der Waals surface area contributed by atoms with E-state index >= 15 is 0 Å². The molecule has 19 heavy (non-hydrogen) atoms. The largest absolute Gasteiger partial charge is 0.342 e. The van der Waals surface area contributed by atoms with Crippen LogP contribution in [-0.2, 0) is 4.79 Å². The highest BCUT2D eigenvalue weighted by molar-refractivity contribution is 7.99. The van der Waals surface area contributed by atoms with Gasteiger partial charge in [0.2, 0.25) is 5.91 Å². The van der Waals surface area contributed by atoms with E-state index in [0.29, 0.717) is 0 Å². The molecule has 0 aromatic heterocycles. The lowest BCUT2D eigenvalue weighted by molar-refractivity contribution is -0.134. The molecule has 0 aliphatic carbocycles. The number of amides is 1. The van der Waals surface area contributed by atoms with Gasteiger partial charge in [0.25, 0.3) is 0 Å². The number of thioether (sulfide) groups is 1. The standard InChI is InChI=1S/C15H20FNOS/c1-11(2)15(18)17-8-7-14(19-10-9-17)12-5-3-4-6-13(12)16/h3-6,11,14H,7-10H2,1-2H3. The smallest absolute Gasteiger partial charge is 0.225 e. The lowest BCUT2D eigenvalue weighted by atomic mass is 10.1. The van der Waals surface area contributed by atoms with Crippen LogP contribution >= 0.6 is 11.8 Å². The molecule has 0 N–H and O–H groups in total. The molecule has 1 aliphatic rings. The van der Waals surface area contributed by atoms with Gasteiger partial charge in [0.1, 0.15) is 5.82 Å². The van der Waals surface area contributed by atoms with E-state index in [0.717, 1.165) is 30.8 Å². The highest BCUT2D eigenvalue weighted by Crippen LogP contribution is 2.35. The second-order valence-electron chi connectivity index (χ2n) is 5.15. The maximum Gasteiger partial charge on any atom is 0.225 e. The van der Waals surface area contributed by atoms with Gasteiger partial charge in [0, 0.05) is 35.6 Å². The summed E-state index contributed by atoms with van der Waals surface area (Å²) in [5, 5.41) is 0.158. The molecule has 0 spiro atoms. The zero-order valence-electron chi connectivity index (χ0n) is 11.4. The molecule has 104 valence electrons. The first-order chi connectivity index (χ1) is 9.09. The molecule has 1 atom stereocenters. The molecular formula is C15H20FNOS. The number of carbonyl (C=O) groups is 1. The normalized spacial score (nSPS) is 20.4. The van der Waals surface area contributed by atoms with Crippen molar-refractivity contribution >= 4 is 17.7 Å². The van der Waals surface area contributed by atoms with Crippen molar-refractivity contribution in [3.8, 4) is 0 Å². The second-order valence-corrected chi connectivity index (χ2v) is 6.46. The summed E-state index contributed by atoms with van der Waals surface area (Å²) in [6.07, 6.45) is 0.823. The van der Waals surface area contributed by atoms with Crippen molar-refractivity contribution in [1.29, 1.82) is 0 Å². The summed E-state index contributed by atoms with van der Waals surface area (Å²) < 4.78 is 13.8. The van der Waals surface area contributed by atoms with E-state index in [9.17, 15) is 9.18 Å². The van der Waals surface area contributed by atoms with Gasteiger partial charge in [-0.3, -0.25) is 4.79 Å². The number of hydrogen-bond donors (Lipinski definition) is 0. The van der Waals surface area contributed by atoms with Crippen LogP contribution in [0.25, 0.3) is 0 Å². The first-order valence-electron chi connectivity index (χ1n) is 6.74. The lowest BCUT2D eigenvalue weighted by Gasteiger charge is -2.22. The van der Waals surface area contributed by atoms with Gasteiger partial charge in [-0.2, -0.15) is 11.8 Å². The maximum absolute atomic E-state index is 13.8. The Morgan fingerprint density at radius 3 is 2.79 bits per heavy atom. The Bertz CT molecular complexity index is 450. The third-order valence-corrected chi connectivity index (χ3v) is 4.71. The van der Waals surface area contributed by atoms with E-state index in [-0.39, 0.29) is 22.9 Å². The second kappa shape index (κ2) is 6.42. The molecule has 1 aromatic rings. The molecule has 1 fully saturated rings. The van der Waals surface area contributed by atoms with E-state index in [1.165, 1.54) is 6.07 Å². The zero-order valence-corrected chi connectivity index (χ0v) is 12.3. The fourth-order valence-electron chi connectivity index (χ4n) is 2.34. The van der Waals surface area contributed by atoms with Crippen molar-refractivity contribution in [2.24, 2.45) is 5.92 Å². The highest BCUT2D eigenvalue weighted by atomic mass is 32.2. The van der Waals surface area contributed by atoms with Crippen LogP contribution in [0.2, 0.25) is 0 Å². The van der Waals surface area contributed by atoms with E-state index in [4.69, 9.17) is 0 Å². The minimum absolute atomic E-state index is 0.0370. The van der Waals surface area contributed by atoms with E-state index < -0.39 is 0 Å². The predicted octanol–water partition coefficient (Wildman–Crippen LogP) is 3.49. The summed E-state index contributed by atoms with van der Waals surface area (Å²) >= 11 is 1.75. The van der Waals surface area contributed by atoms with Crippen molar-refractivity contribution in [3.63, 3.8) is 0 Å². The van der Waals surface area contributed by atoms with Crippen molar-refractivity contribution < 1.29 is 9.18 Å². The topological polar surface area (TPSA) is 20.3 Å². The molecule has 1 aliphatic heterocycles. The summed E-state index contributed by atoms with van der Waals surface area (Å²) in [4.78, 5) is 13.9. The average Bonchev–Trinajstić information content (AvgIpc) is 2.64. The Morgan fingerprint density at radius 2 is 2.11 bits per heavy atom. The van der Waals surface area contributed by atoms with Crippen LogP contribution in [0, 0.1) is 11.7 Å². The Labute approximate surface area is 118 Å². The molecule has 0 saturated carbocycles. The van der Waals surface area contributed by atoms with Gasteiger partial charge in [-0.15, -0.1) is 0 Å². The van der Waals surface area contributed by atoms with Crippen LogP contribution in [-0.4, -0.2) is 29.6 Å². The molecular weight excluding hydrogens is 261 g/mol. The molecule has 1 aromatic carbocycles. The van der Waals surface area contributed by atoms with Crippen LogP contribution < -0.4 is 0 Å². The van der Waals surface area contributed by atoms with Crippen molar-refractivity contribution in [1.82, 2.24) is 4.90 Å². The molecule has 1 saturated heterocycles. The average molecular weight is 281 g/mol. The molecule has 0 radical (unpaired) electrons. The minimum atomic E-state index is -0.136. The van der Waals surface area contributed by atoms with Gasteiger partial charge in [-0.1, -0.05) is 32.0 Å². The van der Waals surface area contributed by atoms with Gasteiger partial charge in [-0.05, 0) is 12.5 Å². The maximum atomic E-state index is 13.8. The lowest BCUT2D eigenvalue weighted by Crippen LogP contribution is -2.35. The summed E-state index contributed by atoms with van der Waals surface area (Å²) in [7, 11) is 0. The van der Waals surface area contributed by atoms with E-state index in [1.807, 2.05) is 30.9 Å². The van der Waals surface area contributed by atoms with Gasteiger partial charge in [-0.25, -0.2) is 4.39 Å². The van der Waals surface area contributed by atoms with Gasteiger partial charge in [0.05, 0.1) is 0 Å². The number of benzene rings is 1. The zero-order chi connectivity index (χ0) is 13.8. The van der Waals surface area contributed by atoms with Crippen molar-refractivity contribution in [2.45, 2.75) is 25.5 Å². The number of hydrogen-bond acceptors (Lipinski definition) is 2. The first kappa shape index (κ1) is 14.4. The Morgan fingerprint density at radius 1 is 1.37 bits per heavy atom. The van der Waals surface area contributed by atoms with Gasteiger partial charge in [0.15, 0.2) is 0 Å². The van der Waals surface area contributed by atoms with Gasteiger partial charge < -0.3 is 4.90 Å². The van der Waals surface area contributed by atoms with Crippen LogP contribution in [0.3, 0.4) is 0 Å². The van der Waals surface area contributed by atoms with Crippen molar-refractivity contribution in [3.05, 3.63) is 35.6 Å². The van der Waals surface area contributed by atoms with Crippen LogP contribution in [0.5, 0.6) is 0 Å². The van der Waals surface area contributed by atoms with Gasteiger partial charge >= 0.3 is 0 Å². The molecule has 1 amide bonds. The third kappa shape index (κ3) is 3.50. The summed E-state index contributed by atoms with van der Waals surface area (Å²) in [6.45, 7) is 5.35. The molecule has 1 heterocycles. The van der Waals surface area contributed by atoms with Crippen molar-refractivity contribution in [2.75, 3.05) is 18.8 Å². The number of halogens is 1. The van der Waals surface area contributed by atoms with Crippen LogP contribution in [0.4, 0.5) is 4.39 Å². The van der Waals surface area contributed by atoms with E-state index in [1.54, 1.807) is 17.8 Å². The number of rotatable bonds is 2. The Balaban J connectivity index is 2.05. The monoisotopic (exact) mass is 281 g/mol. The molecule has 1 unspecified atom stereocenters.